The summed E-state index contributed by atoms with van der Waals surface area (Å²) in [5.74, 6) is 0.148. The Morgan fingerprint density at radius 1 is 0.962 bits per heavy atom. The predicted molar refractivity (Wildman–Crippen MR) is 109 cm³/mol. The van der Waals surface area contributed by atoms with Crippen LogP contribution in [0.15, 0.2) is 78.2 Å². The summed E-state index contributed by atoms with van der Waals surface area (Å²) in [4.78, 5) is 16.6. The zero-order valence-corrected chi connectivity index (χ0v) is 16.0. The summed E-state index contributed by atoms with van der Waals surface area (Å²) in [6, 6.07) is 24.7. The van der Waals surface area contributed by atoms with Gasteiger partial charge in [-0.3, -0.25) is 4.79 Å². The fourth-order valence-corrected chi connectivity index (χ4v) is 3.94. The Hall–Kier alpha value is -2.39. The maximum absolute atomic E-state index is 13.4. The van der Waals surface area contributed by atoms with Gasteiger partial charge in [0.1, 0.15) is 0 Å². The van der Waals surface area contributed by atoms with Gasteiger partial charge in [0, 0.05) is 11.4 Å². The fourth-order valence-electron chi connectivity index (χ4n) is 3.23. The van der Waals surface area contributed by atoms with Crippen LogP contribution in [0.2, 0.25) is 0 Å². The summed E-state index contributed by atoms with van der Waals surface area (Å²) in [6.45, 7) is 3.52. The summed E-state index contributed by atoms with van der Waals surface area (Å²) in [5, 5.41) is 2.07. The van der Waals surface area contributed by atoms with Gasteiger partial charge in [-0.05, 0) is 35.4 Å². The molecule has 1 aromatic heterocycles. The van der Waals surface area contributed by atoms with Crippen LogP contribution in [0, 0.1) is 0 Å². The van der Waals surface area contributed by atoms with Gasteiger partial charge in [0.15, 0.2) is 0 Å². The maximum Gasteiger partial charge on any atom is 0.230 e. The molecule has 0 aliphatic carbocycles. The van der Waals surface area contributed by atoms with Crippen LogP contribution in [0.5, 0.6) is 0 Å². The van der Waals surface area contributed by atoms with Crippen LogP contribution in [0.25, 0.3) is 0 Å². The molecule has 26 heavy (non-hydrogen) atoms. The monoisotopic (exact) mass is 363 g/mol. The lowest BCUT2D eigenvalue weighted by molar-refractivity contribution is -0.133. The van der Waals surface area contributed by atoms with E-state index in [4.69, 9.17) is 0 Å². The summed E-state index contributed by atoms with van der Waals surface area (Å²) >= 11 is 1.71. The second-order valence-corrected chi connectivity index (χ2v) is 7.48. The van der Waals surface area contributed by atoms with Crippen LogP contribution in [0.3, 0.4) is 0 Å². The Morgan fingerprint density at radius 3 is 2.27 bits per heavy atom. The summed E-state index contributed by atoms with van der Waals surface area (Å²) in [6.07, 6.45) is 1.69. The molecule has 0 fully saturated rings. The lowest BCUT2D eigenvalue weighted by atomic mass is 9.94. The number of benzene rings is 2. The van der Waals surface area contributed by atoms with Crippen molar-refractivity contribution in [3.63, 3.8) is 0 Å². The van der Waals surface area contributed by atoms with Crippen molar-refractivity contribution >= 4 is 17.2 Å². The molecule has 3 heteroatoms. The zero-order chi connectivity index (χ0) is 18.2. The van der Waals surface area contributed by atoms with Gasteiger partial charge in [-0.15, -0.1) is 11.3 Å². The van der Waals surface area contributed by atoms with Crippen LogP contribution >= 0.6 is 11.3 Å². The molecule has 1 unspecified atom stereocenters. The normalized spacial score (nSPS) is 11.9. The second kappa shape index (κ2) is 9.35. The zero-order valence-electron chi connectivity index (χ0n) is 15.2. The second-order valence-electron chi connectivity index (χ2n) is 6.45. The van der Waals surface area contributed by atoms with Crippen LogP contribution in [-0.4, -0.2) is 17.4 Å². The molecule has 1 heterocycles. The van der Waals surface area contributed by atoms with Crippen molar-refractivity contribution in [3.8, 4) is 0 Å². The van der Waals surface area contributed by atoms with Crippen molar-refractivity contribution in [1.29, 1.82) is 0 Å². The first-order chi connectivity index (χ1) is 12.8. The van der Waals surface area contributed by atoms with Gasteiger partial charge in [0.25, 0.3) is 0 Å². The largest absolute Gasteiger partial charge is 0.337 e. The summed E-state index contributed by atoms with van der Waals surface area (Å²) < 4.78 is 0. The molecule has 0 bridgehead atoms. The lowest BCUT2D eigenvalue weighted by Gasteiger charge is -2.27. The molecule has 134 valence electrons. The van der Waals surface area contributed by atoms with E-state index >= 15 is 0 Å². The SMILES string of the molecule is CCC(C(=O)N(CCc1ccccc1)Cc1cccs1)c1ccccc1. The average Bonchev–Trinajstić information content (AvgIpc) is 3.20. The van der Waals surface area contributed by atoms with Crippen LogP contribution in [0.1, 0.15) is 35.3 Å². The predicted octanol–water partition coefficient (Wildman–Crippen LogP) is 5.51. The smallest absolute Gasteiger partial charge is 0.230 e. The van der Waals surface area contributed by atoms with E-state index in [9.17, 15) is 4.79 Å². The number of thiophene rings is 1. The van der Waals surface area contributed by atoms with Crippen LogP contribution in [0.4, 0.5) is 0 Å². The summed E-state index contributed by atoms with van der Waals surface area (Å²) in [7, 11) is 0. The third kappa shape index (κ3) is 4.83. The van der Waals surface area contributed by atoms with Gasteiger partial charge in [-0.1, -0.05) is 73.7 Å². The maximum atomic E-state index is 13.4. The molecule has 2 aromatic carbocycles. The van der Waals surface area contributed by atoms with Crippen molar-refractivity contribution in [2.24, 2.45) is 0 Å². The first kappa shape index (κ1) is 18.4. The fraction of sp³-hybridized carbons (Fsp3) is 0.261. The number of hydrogen-bond donors (Lipinski definition) is 0. The van der Waals surface area contributed by atoms with E-state index in [2.05, 4.69) is 54.8 Å². The van der Waals surface area contributed by atoms with Gasteiger partial charge in [-0.25, -0.2) is 0 Å². The molecule has 0 spiro atoms. The molecule has 0 saturated carbocycles. The quantitative estimate of drug-likeness (QED) is 0.516. The van der Waals surface area contributed by atoms with E-state index in [1.165, 1.54) is 10.4 Å². The lowest BCUT2D eigenvalue weighted by Crippen LogP contribution is -2.36. The molecular formula is C23H25NOS. The molecule has 0 radical (unpaired) electrons. The highest BCUT2D eigenvalue weighted by molar-refractivity contribution is 7.09. The Morgan fingerprint density at radius 2 is 1.65 bits per heavy atom. The van der Waals surface area contributed by atoms with E-state index in [0.717, 1.165) is 24.9 Å². The minimum atomic E-state index is -0.0769. The van der Waals surface area contributed by atoms with Crippen molar-refractivity contribution < 1.29 is 4.79 Å². The molecule has 2 nitrogen and oxygen atoms in total. The Labute approximate surface area is 160 Å². The van der Waals surface area contributed by atoms with E-state index in [-0.39, 0.29) is 11.8 Å². The standard InChI is InChI=1S/C23H25NOS/c1-2-22(20-12-7-4-8-13-20)23(25)24(18-21-14-9-17-26-21)16-15-19-10-5-3-6-11-19/h3-14,17,22H,2,15-16,18H2,1H3. The highest BCUT2D eigenvalue weighted by atomic mass is 32.1. The van der Waals surface area contributed by atoms with Gasteiger partial charge < -0.3 is 4.90 Å². The highest BCUT2D eigenvalue weighted by Gasteiger charge is 2.24. The molecule has 0 N–H and O–H groups in total. The van der Waals surface area contributed by atoms with Crippen molar-refractivity contribution in [1.82, 2.24) is 4.90 Å². The number of nitrogens with zero attached hydrogens (tertiary/aromatic N) is 1. The van der Waals surface area contributed by atoms with E-state index in [0.29, 0.717) is 6.54 Å². The Bertz CT molecular complexity index is 784. The van der Waals surface area contributed by atoms with Crippen molar-refractivity contribution in [2.45, 2.75) is 32.2 Å². The molecular weight excluding hydrogens is 338 g/mol. The molecule has 3 rings (SSSR count). The number of hydrogen-bond acceptors (Lipinski definition) is 2. The molecule has 0 aliphatic rings. The number of amides is 1. The molecule has 1 amide bonds. The van der Waals surface area contributed by atoms with E-state index in [1.807, 2.05) is 35.2 Å². The van der Waals surface area contributed by atoms with Crippen molar-refractivity contribution in [3.05, 3.63) is 94.2 Å². The minimum absolute atomic E-state index is 0.0769. The first-order valence-corrected chi connectivity index (χ1v) is 10.1. The number of carbonyl (C=O) groups is 1. The van der Waals surface area contributed by atoms with Crippen LogP contribution in [-0.2, 0) is 17.8 Å². The molecule has 0 saturated heterocycles. The van der Waals surface area contributed by atoms with Crippen molar-refractivity contribution in [2.75, 3.05) is 6.54 Å². The van der Waals surface area contributed by atoms with E-state index in [1.54, 1.807) is 11.3 Å². The molecule has 3 aromatic rings. The number of carbonyl (C=O) groups excluding carboxylic acids is 1. The van der Waals surface area contributed by atoms with Gasteiger partial charge in [-0.2, -0.15) is 0 Å². The van der Waals surface area contributed by atoms with Crippen LogP contribution < -0.4 is 0 Å². The van der Waals surface area contributed by atoms with Gasteiger partial charge in [0.05, 0.1) is 12.5 Å². The third-order valence-electron chi connectivity index (χ3n) is 4.66. The Balaban J connectivity index is 1.77. The summed E-state index contributed by atoms with van der Waals surface area (Å²) in [5.41, 5.74) is 2.38. The molecule has 0 aliphatic heterocycles. The van der Waals surface area contributed by atoms with E-state index < -0.39 is 0 Å². The Kier molecular flexibility index (Phi) is 6.62. The average molecular weight is 364 g/mol. The first-order valence-electron chi connectivity index (χ1n) is 9.18. The van der Waals surface area contributed by atoms with Gasteiger partial charge in [0.2, 0.25) is 5.91 Å². The molecule has 1 atom stereocenters. The topological polar surface area (TPSA) is 20.3 Å². The third-order valence-corrected chi connectivity index (χ3v) is 5.52. The number of rotatable bonds is 8. The van der Waals surface area contributed by atoms with Gasteiger partial charge >= 0.3 is 0 Å². The highest BCUT2D eigenvalue weighted by Crippen LogP contribution is 2.24. The minimum Gasteiger partial charge on any atom is -0.337 e.